The molecule has 1 aliphatic heterocycles. The zero-order chi connectivity index (χ0) is 29.2. The Labute approximate surface area is 244 Å². The van der Waals surface area contributed by atoms with Crippen LogP contribution in [0.3, 0.4) is 0 Å². The van der Waals surface area contributed by atoms with E-state index in [4.69, 9.17) is 9.47 Å². The third kappa shape index (κ3) is 8.61. The van der Waals surface area contributed by atoms with Gasteiger partial charge in [0, 0.05) is 31.6 Å². The Morgan fingerprint density at radius 1 is 0.976 bits per heavy atom. The van der Waals surface area contributed by atoms with Crippen molar-refractivity contribution in [3.05, 3.63) is 54.1 Å². The van der Waals surface area contributed by atoms with E-state index >= 15 is 0 Å². The lowest BCUT2D eigenvalue weighted by atomic mass is 9.95. The predicted octanol–water partition coefficient (Wildman–Crippen LogP) is 4.30. The summed E-state index contributed by atoms with van der Waals surface area (Å²) in [6, 6.07) is 14.5. The van der Waals surface area contributed by atoms with Crippen molar-refractivity contribution in [1.82, 2.24) is 10.2 Å². The van der Waals surface area contributed by atoms with Gasteiger partial charge in [0.05, 0.1) is 11.9 Å². The van der Waals surface area contributed by atoms with Crippen molar-refractivity contribution in [2.45, 2.75) is 76.8 Å². The molecule has 10 heteroatoms. The number of hydrogen-bond acceptors (Lipinski definition) is 6. The van der Waals surface area contributed by atoms with Crippen molar-refractivity contribution in [3.63, 3.8) is 0 Å². The summed E-state index contributed by atoms with van der Waals surface area (Å²) in [6.07, 6.45) is 8.09. The van der Waals surface area contributed by atoms with Gasteiger partial charge in [-0.1, -0.05) is 56.5 Å². The van der Waals surface area contributed by atoms with Gasteiger partial charge in [-0.2, -0.15) is 0 Å². The molecule has 2 aromatic carbocycles. The van der Waals surface area contributed by atoms with Crippen LogP contribution < -0.4 is 19.1 Å². The lowest BCUT2D eigenvalue weighted by Crippen LogP contribution is -2.52. The quantitative estimate of drug-likeness (QED) is 0.376. The molecule has 1 saturated carbocycles. The number of sulfonamides is 1. The second-order valence-corrected chi connectivity index (χ2v) is 12.8. The SMILES string of the molecule is CC[C@@H](C(=O)NC1CCCCC1)N(CCc1ccccc1)C(=O)CCCN(c1ccc2c(c1)OCCO2)S(C)(=O)=O. The van der Waals surface area contributed by atoms with Gasteiger partial charge < -0.3 is 19.7 Å². The first-order valence-corrected chi connectivity index (χ1v) is 16.6. The van der Waals surface area contributed by atoms with Crippen LogP contribution in [0.25, 0.3) is 0 Å². The average Bonchev–Trinajstić information content (AvgIpc) is 2.97. The zero-order valence-corrected chi connectivity index (χ0v) is 25.0. The Hall–Kier alpha value is -3.27. The highest BCUT2D eigenvalue weighted by Gasteiger charge is 2.30. The van der Waals surface area contributed by atoms with E-state index in [2.05, 4.69) is 5.32 Å². The van der Waals surface area contributed by atoms with E-state index in [0.29, 0.717) is 56.2 Å². The second kappa shape index (κ2) is 14.6. The van der Waals surface area contributed by atoms with Gasteiger partial charge in [-0.05, 0) is 49.8 Å². The van der Waals surface area contributed by atoms with Crippen LogP contribution in [0.15, 0.2) is 48.5 Å². The highest BCUT2D eigenvalue weighted by molar-refractivity contribution is 7.92. The minimum absolute atomic E-state index is 0.102. The number of hydrogen-bond donors (Lipinski definition) is 1. The van der Waals surface area contributed by atoms with Gasteiger partial charge in [-0.3, -0.25) is 13.9 Å². The summed E-state index contributed by atoms with van der Waals surface area (Å²) in [7, 11) is -3.61. The standard InChI is InChI=1S/C31H43N3O6S/c1-3-27(31(36)32-25-13-8-5-9-14-25)33(20-18-24-11-6-4-7-12-24)30(35)15-10-19-34(41(2,37)38)26-16-17-28-29(23-26)40-22-21-39-28/h4,6-7,11-12,16-17,23,25,27H,3,5,8-10,13-15,18-22H2,1-2H3,(H,32,36)/t27-/m0/s1. The number of benzene rings is 2. The molecule has 9 nitrogen and oxygen atoms in total. The lowest BCUT2D eigenvalue weighted by molar-refractivity contribution is -0.141. The first kappa shape index (κ1) is 30.7. The summed E-state index contributed by atoms with van der Waals surface area (Å²) < 4.78 is 37.9. The van der Waals surface area contributed by atoms with Crippen molar-refractivity contribution in [3.8, 4) is 11.5 Å². The van der Waals surface area contributed by atoms with E-state index in [0.717, 1.165) is 37.5 Å². The van der Waals surface area contributed by atoms with Crippen LogP contribution in [0, 0.1) is 0 Å². The van der Waals surface area contributed by atoms with Gasteiger partial charge in [0.15, 0.2) is 11.5 Å². The molecule has 0 spiro atoms. The van der Waals surface area contributed by atoms with Crippen LogP contribution in [0.5, 0.6) is 11.5 Å². The van der Waals surface area contributed by atoms with Crippen LogP contribution in [-0.2, 0) is 26.0 Å². The topological polar surface area (TPSA) is 105 Å². The number of ether oxygens (including phenoxy) is 2. The summed E-state index contributed by atoms with van der Waals surface area (Å²) in [4.78, 5) is 28.8. The van der Waals surface area contributed by atoms with Crippen LogP contribution in [-0.4, -0.2) is 69.8 Å². The van der Waals surface area contributed by atoms with Crippen LogP contribution in [0.2, 0.25) is 0 Å². The second-order valence-electron chi connectivity index (χ2n) is 10.9. The van der Waals surface area contributed by atoms with E-state index in [9.17, 15) is 18.0 Å². The van der Waals surface area contributed by atoms with Gasteiger partial charge in [0.1, 0.15) is 19.3 Å². The molecule has 1 atom stereocenters. The van der Waals surface area contributed by atoms with E-state index in [1.165, 1.54) is 10.7 Å². The molecular weight excluding hydrogens is 542 g/mol. The molecule has 1 fully saturated rings. The largest absolute Gasteiger partial charge is 0.486 e. The van der Waals surface area contributed by atoms with Gasteiger partial charge in [0.25, 0.3) is 0 Å². The molecule has 0 unspecified atom stereocenters. The van der Waals surface area contributed by atoms with Crippen LogP contribution in [0.1, 0.15) is 63.9 Å². The maximum Gasteiger partial charge on any atom is 0.243 e. The average molecular weight is 586 g/mol. The number of carbonyl (C=O) groups is 2. The number of amides is 2. The smallest absolute Gasteiger partial charge is 0.243 e. The number of anilines is 1. The number of rotatable bonds is 13. The molecule has 0 radical (unpaired) electrons. The first-order valence-electron chi connectivity index (χ1n) is 14.8. The van der Waals surface area contributed by atoms with Crippen molar-refractivity contribution in [2.75, 3.05) is 36.9 Å². The maximum absolute atomic E-state index is 13.7. The maximum atomic E-state index is 13.7. The molecule has 2 amide bonds. The minimum atomic E-state index is -3.61. The highest BCUT2D eigenvalue weighted by atomic mass is 32.2. The molecular formula is C31H43N3O6S. The van der Waals surface area contributed by atoms with E-state index in [1.54, 1.807) is 23.1 Å². The van der Waals surface area contributed by atoms with Crippen molar-refractivity contribution in [1.29, 1.82) is 0 Å². The molecule has 224 valence electrons. The molecule has 41 heavy (non-hydrogen) atoms. The summed E-state index contributed by atoms with van der Waals surface area (Å²) in [5.41, 5.74) is 1.55. The predicted molar refractivity (Wildman–Crippen MR) is 160 cm³/mol. The van der Waals surface area contributed by atoms with Crippen molar-refractivity contribution >= 4 is 27.5 Å². The summed E-state index contributed by atoms with van der Waals surface area (Å²) in [5, 5.41) is 3.20. The molecule has 4 rings (SSSR count). The van der Waals surface area contributed by atoms with Gasteiger partial charge >= 0.3 is 0 Å². The number of nitrogens with zero attached hydrogens (tertiary/aromatic N) is 2. The lowest BCUT2D eigenvalue weighted by Gasteiger charge is -2.33. The van der Waals surface area contributed by atoms with Crippen molar-refractivity contribution in [2.24, 2.45) is 0 Å². The van der Waals surface area contributed by atoms with Gasteiger partial charge in [0.2, 0.25) is 21.8 Å². The first-order chi connectivity index (χ1) is 19.8. The third-order valence-corrected chi connectivity index (χ3v) is 8.98. The summed E-state index contributed by atoms with van der Waals surface area (Å²) in [5.74, 6) is 0.826. The Morgan fingerprint density at radius 2 is 1.68 bits per heavy atom. The monoisotopic (exact) mass is 585 g/mol. The molecule has 0 saturated heterocycles. The summed E-state index contributed by atoms with van der Waals surface area (Å²) in [6.45, 7) is 3.32. The normalized spacial score (nSPS) is 16.0. The Bertz CT molecular complexity index is 1260. The number of fused-ring (bicyclic) bond motifs is 1. The van der Waals surface area contributed by atoms with Crippen molar-refractivity contribution < 1.29 is 27.5 Å². The van der Waals surface area contributed by atoms with Crippen LogP contribution in [0.4, 0.5) is 5.69 Å². The number of carbonyl (C=O) groups excluding carboxylic acids is 2. The molecule has 1 heterocycles. The van der Waals surface area contributed by atoms with Gasteiger partial charge in [-0.15, -0.1) is 0 Å². The molecule has 1 N–H and O–H groups in total. The summed E-state index contributed by atoms with van der Waals surface area (Å²) >= 11 is 0. The van der Waals surface area contributed by atoms with Gasteiger partial charge in [-0.25, -0.2) is 8.42 Å². The minimum Gasteiger partial charge on any atom is -0.486 e. The fourth-order valence-corrected chi connectivity index (χ4v) is 6.59. The molecule has 2 aliphatic rings. The highest BCUT2D eigenvalue weighted by Crippen LogP contribution is 2.34. The fraction of sp³-hybridized carbons (Fsp3) is 0.548. The number of nitrogens with one attached hydrogen (secondary N) is 1. The van der Waals surface area contributed by atoms with E-state index < -0.39 is 16.1 Å². The van der Waals surface area contributed by atoms with Crippen LogP contribution >= 0.6 is 0 Å². The zero-order valence-electron chi connectivity index (χ0n) is 24.2. The van der Waals surface area contributed by atoms with E-state index in [1.807, 2.05) is 37.3 Å². The molecule has 2 aromatic rings. The Morgan fingerprint density at radius 3 is 2.37 bits per heavy atom. The fourth-order valence-electron chi connectivity index (χ4n) is 5.63. The Kier molecular flexibility index (Phi) is 10.9. The Balaban J connectivity index is 1.45. The molecule has 1 aliphatic carbocycles. The molecule has 0 bridgehead atoms. The molecule has 0 aromatic heterocycles. The third-order valence-electron chi connectivity index (χ3n) is 7.79. The van der Waals surface area contributed by atoms with E-state index in [-0.39, 0.29) is 30.8 Å².